The van der Waals surface area contributed by atoms with Gasteiger partial charge in [0.25, 0.3) is 15.9 Å². The van der Waals surface area contributed by atoms with E-state index in [-0.39, 0.29) is 33.5 Å². The average molecular weight is 838 g/mol. The van der Waals surface area contributed by atoms with E-state index in [1.807, 2.05) is 41.5 Å². The zero-order valence-corrected chi connectivity index (χ0v) is 37.3. The van der Waals surface area contributed by atoms with Gasteiger partial charge in [0.2, 0.25) is 17.7 Å². The highest BCUT2D eigenvalue weighted by Crippen LogP contribution is 2.88. The molecule has 5 aliphatic rings. The van der Waals surface area contributed by atoms with Crippen LogP contribution in [0, 0.1) is 33.5 Å². The Morgan fingerprint density at radius 2 is 1.54 bits per heavy atom. The zero-order chi connectivity index (χ0) is 43.6. The number of anilines is 1. The molecular weight excluding hydrogens is 771 g/mol. The molecule has 4 aliphatic carbocycles. The number of fused-ring (bicyclic) bond motifs is 1. The molecule has 0 bridgehead atoms. The molecule has 0 unspecified atom stereocenters. The summed E-state index contributed by atoms with van der Waals surface area (Å²) in [4.78, 5) is 73.1. The molecule has 1 aliphatic heterocycles. The van der Waals surface area contributed by atoms with Crippen LogP contribution in [0.4, 0.5) is 10.5 Å². The highest BCUT2D eigenvalue weighted by Gasteiger charge is 2.85. The lowest BCUT2D eigenvalue weighted by atomic mass is 9.73. The minimum Gasteiger partial charge on any atom is -0.387 e. The number of para-hydroxylation sites is 1. The van der Waals surface area contributed by atoms with Crippen LogP contribution >= 0.6 is 0 Å². The van der Waals surface area contributed by atoms with Gasteiger partial charge in [0.15, 0.2) is 0 Å². The fourth-order valence-electron chi connectivity index (χ4n) is 11.0. The second-order valence-corrected chi connectivity index (χ2v) is 22.2. The Hall–Kier alpha value is -4.14. The van der Waals surface area contributed by atoms with E-state index < -0.39 is 80.2 Å². The zero-order valence-electron chi connectivity index (χ0n) is 36.5. The Morgan fingerprint density at radius 1 is 0.898 bits per heavy atom. The number of urea groups is 1. The quantitative estimate of drug-likeness (QED) is 0.159. The number of benzene rings is 1. The van der Waals surface area contributed by atoms with Gasteiger partial charge in [-0.3, -0.25) is 19.2 Å². The van der Waals surface area contributed by atoms with E-state index in [9.17, 15) is 27.6 Å². The Kier molecular flexibility index (Phi) is 11.6. The monoisotopic (exact) mass is 837 g/mol. The molecule has 14 nitrogen and oxygen atoms in total. The van der Waals surface area contributed by atoms with E-state index in [0.717, 1.165) is 51.4 Å². The van der Waals surface area contributed by atoms with Gasteiger partial charge in [-0.1, -0.05) is 78.5 Å². The van der Waals surface area contributed by atoms with Crippen molar-refractivity contribution in [1.29, 1.82) is 0 Å². The number of carbonyl (C=O) groups excluding carboxylic acids is 5. The van der Waals surface area contributed by atoms with Crippen LogP contribution in [-0.4, -0.2) is 85.8 Å². The van der Waals surface area contributed by atoms with Crippen LogP contribution in [0.25, 0.3) is 0 Å². The number of nitrogens with one attached hydrogen (secondary N) is 6. The summed E-state index contributed by atoms with van der Waals surface area (Å²) in [5.74, 6) is -2.96. The van der Waals surface area contributed by atoms with Crippen molar-refractivity contribution in [3.63, 3.8) is 0 Å². The summed E-state index contributed by atoms with van der Waals surface area (Å²) in [6.07, 6.45) is 9.51. The van der Waals surface area contributed by atoms with Gasteiger partial charge < -0.3 is 31.5 Å². The first kappa shape index (κ1) is 44.4. The minimum absolute atomic E-state index is 0.0441. The lowest BCUT2D eigenvalue weighted by Crippen LogP contribution is -2.63. The van der Waals surface area contributed by atoms with E-state index >= 15 is 4.79 Å². The number of amides is 6. The molecule has 0 aromatic heterocycles. The summed E-state index contributed by atoms with van der Waals surface area (Å²) < 4.78 is 29.3. The Bertz CT molecular complexity index is 1980. The maximum atomic E-state index is 15.2. The van der Waals surface area contributed by atoms with Crippen molar-refractivity contribution in [1.82, 2.24) is 30.9 Å². The third-order valence-corrected chi connectivity index (χ3v) is 16.1. The van der Waals surface area contributed by atoms with E-state index in [2.05, 4.69) is 51.7 Å². The van der Waals surface area contributed by atoms with E-state index in [0.29, 0.717) is 18.7 Å². The first-order chi connectivity index (χ1) is 27.4. The molecule has 1 heterocycles. The maximum absolute atomic E-state index is 15.2. The van der Waals surface area contributed by atoms with E-state index in [4.69, 9.17) is 0 Å². The van der Waals surface area contributed by atoms with Crippen LogP contribution in [0.3, 0.4) is 0 Å². The Balaban J connectivity index is 1.29. The maximum Gasteiger partial charge on any atom is 0.315 e. The van der Waals surface area contributed by atoms with Gasteiger partial charge in [-0.25, -0.2) is 17.9 Å². The van der Waals surface area contributed by atoms with Crippen molar-refractivity contribution in [3.05, 3.63) is 36.9 Å². The van der Waals surface area contributed by atoms with Gasteiger partial charge in [-0.05, 0) is 93.6 Å². The average Bonchev–Trinajstić information content (AvgIpc) is 3.86. The number of rotatable bonds is 12. The molecule has 4 saturated carbocycles. The fraction of sp³-hybridized carbons (Fsp3) is 0.705. The van der Waals surface area contributed by atoms with Crippen LogP contribution in [0.15, 0.2) is 41.8 Å². The van der Waals surface area contributed by atoms with Crippen molar-refractivity contribution >= 4 is 45.4 Å². The predicted octanol–water partition coefficient (Wildman–Crippen LogP) is 4.97. The summed E-state index contributed by atoms with van der Waals surface area (Å²) in [5.41, 5.74) is -3.20. The van der Waals surface area contributed by atoms with Crippen molar-refractivity contribution in [2.75, 3.05) is 18.9 Å². The first-order valence-corrected chi connectivity index (χ1v) is 22.9. The number of hydrogen-bond acceptors (Lipinski definition) is 8. The largest absolute Gasteiger partial charge is 0.387 e. The SMILES string of the molecule is C=C[C@@H]1C[C@]1(NC(=O)[C@@H]1C[C@@]2(CN1C(=O)[C@@H](NC(=O)[C@@H](NC(=O)NC(C)(C)C)C1CCCCC1)C(C)(C)C)C(C)(C)C21CCC1)C(=O)NS(=O)(=O)c1ccccc1NC. The lowest BCUT2D eigenvalue weighted by Gasteiger charge is -2.38. The van der Waals surface area contributed by atoms with Crippen molar-refractivity contribution < 1.29 is 32.4 Å². The lowest BCUT2D eigenvalue weighted by molar-refractivity contribution is -0.145. The topological polar surface area (TPSA) is 195 Å². The molecule has 6 atom stereocenters. The Morgan fingerprint density at radius 3 is 2.07 bits per heavy atom. The van der Waals surface area contributed by atoms with Crippen LogP contribution in [0.5, 0.6) is 0 Å². The standard InChI is InChI=1S/C44H67N7O7S/c1-11-28-24-44(28,37(55)50-59(57,58)31-21-16-15-20-29(31)45-10)48-34(52)30-25-43(41(8,9)42(43)22-17-23-42)26-51(30)36(54)33(39(2,3)4)47-35(53)32(27-18-13-12-14-19-27)46-38(56)49-40(5,6)7/h11,15-16,20-21,27-28,30,32-33,45H,1,12-14,17-19,22-26H2,2-10H3,(H,47,53)(H,48,52)(H,50,55)(H2,46,49,56)/t28-,30+,32+,33-,43-,44-/m1/s1. The summed E-state index contributed by atoms with van der Waals surface area (Å²) in [6, 6.07) is 2.81. The number of hydrogen-bond donors (Lipinski definition) is 6. The van der Waals surface area contributed by atoms with Gasteiger partial charge in [0, 0.05) is 30.5 Å². The molecular formula is C44H67N7O7S. The number of likely N-dealkylation sites (tertiary alicyclic amines) is 1. The van der Waals surface area contributed by atoms with Crippen LogP contribution < -0.4 is 31.3 Å². The van der Waals surface area contributed by atoms with E-state index in [1.54, 1.807) is 30.1 Å². The molecule has 59 heavy (non-hydrogen) atoms. The molecule has 1 aromatic carbocycles. The summed E-state index contributed by atoms with van der Waals surface area (Å²) in [5, 5.41) is 14.7. The normalized spacial score (nSPS) is 28.1. The third kappa shape index (κ3) is 7.85. The first-order valence-electron chi connectivity index (χ1n) is 21.4. The molecule has 6 rings (SSSR count). The van der Waals surface area contributed by atoms with Crippen LogP contribution in [0.1, 0.15) is 120 Å². The van der Waals surface area contributed by atoms with Gasteiger partial charge in [-0.15, -0.1) is 6.58 Å². The van der Waals surface area contributed by atoms with Crippen molar-refractivity contribution in [2.24, 2.45) is 33.5 Å². The van der Waals surface area contributed by atoms with Gasteiger partial charge in [0.1, 0.15) is 28.6 Å². The minimum atomic E-state index is -4.35. The molecule has 6 N–H and O–H groups in total. The summed E-state index contributed by atoms with van der Waals surface area (Å²) >= 11 is 0. The van der Waals surface area contributed by atoms with Crippen molar-refractivity contribution in [2.45, 2.75) is 154 Å². The second kappa shape index (κ2) is 15.4. The number of nitrogens with zero attached hydrogens (tertiary/aromatic N) is 1. The molecule has 5 fully saturated rings. The smallest absolute Gasteiger partial charge is 0.315 e. The Labute approximate surface area is 350 Å². The van der Waals surface area contributed by atoms with Gasteiger partial charge in [0.05, 0.1) is 5.69 Å². The molecule has 1 saturated heterocycles. The fourth-order valence-corrected chi connectivity index (χ4v) is 12.3. The highest BCUT2D eigenvalue weighted by molar-refractivity contribution is 7.90. The summed E-state index contributed by atoms with van der Waals surface area (Å²) in [7, 11) is -2.76. The third-order valence-electron chi connectivity index (χ3n) is 14.7. The summed E-state index contributed by atoms with van der Waals surface area (Å²) in [6.45, 7) is 19.8. The highest BCUT2D eigenvalue weighted by atomic mass is 32.2. The molecule has 6 amide bonds. The van der Waals surface area contributed by atoms with E-state index in [1.165, 1.54) is 12.1 Å². The molecule has 2 spiro atoms. The molecule has 0 radical (unpaired) electrons. The number of sulfonamides is 1. The van der Waals surface area contributed by atoms with Crippen molar-refractivity contribution in [3.8, 4) is 0 Å². The van der Waals surface area contributed by atoms with Gasteiger partial charge in [-0.2, -0.15) is 0 Å². The second-order valence-electron chi connectivity index (χ2n) is 20.5. The predicted molar refractivity (Wildman–Crippen MR) is 226 cm³/mol. The van der Waals surface area contributed by atoms with Crippen LogP contribution in [-0.2, 0) is 29.2 Å². The van der Waals surface area contributed by atoms with Crippen LogP contribution in [0.2, 0.25) is 0 Å². The molecule has 326 valence electrons. The van der Waals surface area contributed by atoms with Gasteiger partial charge >= 0.3 is 6.03 Å². The molecule has 15 heteroatoms. The molecule has 1 aromatic rings. The number of carbonyl (C=O) groups is 5.